The number of hydrogen-bond donors (Lipinski definition) is 1. The third-order valence-corrected chi connectivity index (χ3v) is 0.512. The van der Waals surface area contributed by atoms with Crippen molar-refractivity contribution in [2.45, 2.75) is 19.8 Å². The molecule has 0 amide bonds. The Kier molecular flexibility index (Phi) is 14.6. The van der Waals surface area contributed by atoms with E-state index in [1.165, 1.54) is 0 Å². The standard InChI is InChI=1S/C4H10O.BrH/c1-2-3-4-5;/h5H,2-4H2,1H3;1H. The van der Waals surface area contributed by atoms with Crippen molar-refractivity contribution in [3.8, 4) is 0 Å². The molecule has 0 unspecified atom stereocenters. The van der Waals surface area contributed by atoms with Gasteiger partial charge in [0, 0.05) is 6.61 Å². The van der Waals surface area contributed by atoms with E-state index in [1.807, 2.05) is 0 Å². The van der Waals surface area contributed by atoms with Gasteiger partial charge < -0.3 is 5.11 Å². The van der Waals surface area contributed by atoms with Crippen molar-refractivity contribution in [1.29, 1.82) is 0 Å². The minimum atomic E-state index is 0. The van der Waals surface area contributed by atoms with Crippen LogP contribution >= 0.6 is 17.0 Å². The minimum Gasteiger partial charge on any atom is -0.396 e. The van der Waals surface area contributed by atoms with Gasteiger partial charge in [-0.3, -0.25) is 0 Å². The van der Waals surface area contributed by atoms with E-state index in [1.54, 1.807) is 0 Å². The number of halogens is 1. The van der Waals surface area contributed by atoms with E-state index in [0.717, 1.165) is 12.8 Å². The summed E-state index contributed by atoms with van der Waals surface area (Å²) in [4.78, 5) is 0. The van der Waals surface area contributed by atoms with Gasteiger partial charge in [-0.05, 0) is 6.42 Å². The summed E-state index contributed by atoms with van der Waals surface area (Å²) in [6.45, 7) is 2.40. The second kappa shape index (κ2) is 9.06. The molecule has 0 bridgehead atoms. The summed E-state index contributed by atoms with van der Waals surface area (Å²) in [7, 11) is 0. The molecule has 40 valence electrons. The van der Waals surface area contributed by atoms with Crippen molar-refractivity contribution < 1.29 is 5.11 Å². The van der Waals surface area contributed by atoms with E-state index in [2.05, 4.69) is 6.92 Å². The zero-order valence-electron chi connectivity index (χ0n) is 3.98. The van der Waals surface area contributed by atoms with Crippen LogP contribution in [-0.2, 0) is 0 Å². The maximum Gasteiger partial charge on any atom is 0.0430 e. The number of aliphatic hydroxyl groups excluding tert-OH is 1. The highest BCUT2D eigenvalue weighted by Gasteiger charge is 1.69. The van der Waals surface area contributed by atoms with Gasteiger partial charge in [0.25, 0.3) is 0 Å². The molecule has 0 aliphatic carbocycles. The van der Waals surface area contributed by atoms with Crippen LogP contribution in [0, 0.1) is 0 Å². The van der Waals surface area contributed by atoms with Crippen molar-refractivity contribution in [2.75, 3.05) is 6.61 Å². The largest absolute Gasteiger partial charge is 0.396 e. The van der Waals surface area contributed by atoms with Gasteiger partial charge in [0.15, 0.2) is 0 Å². The summed E-state index contributed by atoms with van der Waals surface area (Å²) in [6.07, 6.45) is 2.04. The topological polar surface area (TPSA) is 20.2 Å². The Morgan fingerprint density at radius 2 is 2.00 bits per heavy atom. The molecule has 6 heavy (non-hydrogen) atoms. The first-order chi connectivity index (χ1) is 2.41. The molecule has 0 rings (SSSR count). The Labute approximate surface area is 49.1 Å². The zero-order chi connectivity index (χ0) is 4.12. The first-order valence-electron chi connectivity index (χ1n) is 2.02. The van der Waals surface area contributed by atoms with E-state index < -0.39 is 0 Å². The SMILES string of the molecule is Br.CCCCO. The maximum absolute atomic E-state index is 8.07. The molecule has 1 N–H and O–H groups in total. The minimum absolute atomic E-state index is 0. The average Bonchev–Trinajstić information content (AvgIpc) is 1.41. The smallest absolute Gasteiger partial charge is 0.0430 e. The first-order valence-corrected chi connectivity index (χ1v) is 2.02. The predicted molar refractivity (Wildman–Crippen MR) is 32.3 cm³/mol. The van der Waals surface area contributed by atoms with Gasteiger partial charge in [0.2, 0.25) is 0 Å². The normalized spacial score (nSPS) is 7.00. The lowest BCUT2D eigenvalue weighted by Gasteiger charge is -1.79. The number of unbranched alkanes of at least 4 members (excludes halogenated alkanes) is 1. The Morgan fingerprint density at radius 3 is 2.00 bits per heavy atom. The summed E-state index contributed by atoms with van der Waals surface area (Å²) < 4.78 is 0. The van der Waals surface area contributed by atoms with E-state index in [0.29, 0.717) is 6.61 Å². The summed E-state index contributed by atoms with van der Waals surface area (Å²) in [5.41, 5.74) is 0. The van der Waals surface area contributed by atoms with Crippen LogP contribution < -0.4 is 0 Å². The molecular formula is C4H11BrO. The van der Waals surface area contributed by atoms with Crippen LogP contribution in [0.15, 0.2) is 0 Å². The van der Waals surface area contributed by atoms with Gasteiger partial charge in [-0.25, -0.2) is 0 Å². The fourth-order valence-corrected chi connectivity index (χ4v) is 0.158. The summed E-state index contributed by atoms with van der Waals surface area (Å²) >= 11 is 0. The second-order valence-electron chi connectivity index (χ2n) is 1.08. The molecule has 0 aliphatic rings. The van der Waals surface area contributed by atoms with Crippen LogP contribution in [0.4, 0.5) is 0 Å². The predicted octanol–water partition coefficient (Wildman–Crippen LogP) is 1.36. The highest BCUT2D eigenvalue weighted by Crippen LogP contribution is 1.78. The summed E-state index contributed by atoms with van der Waals surface area (Å²) in [6, 6.07) is 0. The fraction of sp³-hybridized carbons (Fsp3) is 1.00. The highest BCUT2D eigenvalue weighted by molar-refractivity contribution is 8.93. The van der Waals surface area contributed by atoms with Crippen molar-refractivity contribution in [3.05, 3.63) is 0 Å². The molecule has 0 spiro atoms. The molecule has 0 aliphatic heterocycles. The number of rotatable bonds is 2. The Morgan fingerprint density at radius 1 is 1.50 bits per heavy atom. The molecule has 2 heteroatoms. The Bertz CT molecular complexity index is 15.0. The van der Waals surface area contributed by atoms with Gasteiger partial charge in [-0.15, -0.1) is 17.0 Å². The van der Waals surface area contributed by atoms with Crippen molar-refractivity contribution in [2.24, 2.45) is 0 Å². The van der Waals surface area contributed by atoms with E-state index >= 15 is 0 Å². The quantitative estimate of drug-likeness (QED) is 0.638. The average molecular weight is 155 g/mol. The number of hydrogen-bond acceptors (Lipinski definition) is 1. The maximum atomic E-state index is 8.07. The third-order valence-electron chi connectivity index (χ3n) is 0.512. The van der Waals surface area contributed by atoms with Gasteiger partial charge in [-0.1, -0.05) is 13.3 Å². The van der Waals surface area contributed by atoms with E-state index in [-0.39, 0.29) is 17.0 Å². The second-order valence-corrected chi connectivity index (χ2v) is 1.08. The molecule has 0 saturated carbocycles. The zero-order valence-corrected chi connectivity index (χ0v) is 5.69. The van der Waals surface area contributed by atoms with Crippen LogP contribution in [-0.4, -0.2) is 11.7 Å². The molecule has 0 aromatic carbocycles. The third kappa shape index (κ3) is 8.83. The monoisotopic (exact) mass is 154 g/mol. The fourth-order valence-electron chi connectivity index (χ4n) is 0.158. The van der Waals surface area contributed by atoms with Crippen LogP contribution in [0.2, 0.25) is 0 Å². The van der Waals surface area contributed by atoms with Crippen molar-refractivity contribution in [3.63, 3.8) is 0 Å². The highest BCUT2D eigenvalue weighted by atomic mass is 79.9. The van der Waals surface area contributed by atoms with Gasteiger partial charge in [-0.2, -0.15) is 0 Å². The van der Waals surface area contributed by atoms with Crippen molar-refractivity contribution in [1.82, 2.24) is 0 Å². The molecule has 1 nitrogen and oxygen atoms in total. The van der Waals surface area contributed by atoms with Crippen LogP contribution in [0.3, 0.4) is 0 Å². The van der Waals surface area contributed by atoms with Crippen LogP contribution in [0.1, 0.15) is 19.8 Å². The lowest BCUT2D eigenvalue weighted by Crippen LogP contribution is -1.75. The molecular weight excluding hydrogens is 144 g/mol. The van der Waals surface area contributed by atoms with Gasteiger partial charge >= 0.3 is 0 Å². The van der Waals surface area contributed by atoms with Crippen LogP contribution in [0.25, 0.3) is 0 Å². The lowest BCUT2D eigenvalue weighted by molar-refractivity contribution is 0.287. The molecule has 0 heterocycles. The van der Waals surface area contributed by atoms with E-state index in [9.17, 15) is 0 Å². The molecule has 0 saturated heterocycles. The number of aliphatic hydroxyl groups is 1. The first kappa shape index (κ1) is 9.67. The molecule has 0 atom stereocenters. The summed E-state index contributed by atoms with van der Waals surface area (Å²) in [5.74, 6) is 0. The summed E-state index contributed by atoms with van der Waals surface area (Å²) in [5, 5.41) is 8.07. The lowest BCUT2D eigenvalue weighted by atomic mass is 10.4. The van der Waals surface area contributed by atoms with E-state index in [4.69, 9.17) is 5.11 Å². The Hall–Kier alpha value is 0.440. The Balaban J connectivity index is 0. The van der Waals surface area contributed by atoms with Gasteiger partial charge in [0.1, 0.15) is 0 Å². The molecule has 0 radical (unpaired) electrons. The van der Waals surface area contributed by atoms with Gasteiger partial charge in [0.05, 0.1) is 0 Å². The molecule has 0 aromatic heterocycles. The van der Waals surface area contributed by atoms with Crippen LogP contribution in [0.5, 0.6) is 0 Å². The molecule has 0 aromatic rings. The van der Waals surface area contributed by atoms with Crippen molar-refractivity contribution >= 4 is 17.0 Å². The molecule has 0 fully saturated rings.